The molecule has 5 heteroatoms. The zero-order valence-electron chi connectivity index (χ0n) is 12.0. The van der Waals surface area contributed by atoms with Crippen LogP contribution in [0.2, 0.25) is 0 Å². The van der Waals surface area contributed by atoms with E-state index in [1.807, 2.05) is 6.92 Å². The van der Waals surface area contributed by atoms with Crippen molar-refractivity contribution in [1.29, 1.82) is 0 Å². The molecule has 0 amide bonds. The molecule has 1 atom stereocenters. The van der Waals surface area contributed by atoms with Gasteiger partial charge in [0.1, 0.15) is 11.6 Å². The second kappa shape index (κ2) is 6.52. The highest BCUT2D eigenvalue weighted by molar-refractivity contribution is 5.38. The first-order valence-corrected chi connectivity index (χ1v) is 6.93. The Morgan fingerprint density at radius 2 is 2.10 bits per heavy atom. The molecule has 1 fully saturated rings. The van der Waals surface area contributed by atoms with Gasteiger partial charge in [-0.05, 0) is 25.1 Å². The highest BCUT2D eigenvalue weighted by Gasteiger charge is 2.41. The molecule has 0 spiro atoms. The van der Waals surface area contributed by atoms with Crippen LogP contribution in [0.4, 0.5) is 4.39 Å². The maximum atomic E-state index is 13.5. The van der Waals surface area contributed by atoms with E-state index in [0.29, 0.717) is 44.0 Å². The molecular formula is C15H22FNO3. The number of nitrogens with two attached hydrogens (primary N) is 1. The van der Waals surface area contributed by atoms with E-state index < -0.39 is 11.6 Å². The van der Waals surface area contributed by atoms with Crippen LogP contribution in [0.5, 0.6) is 5.75 Å². The first kappa shape index (κ1) is 15.2. The van der Waals surface area contributed by atoms with Crippen LogP contribution >= 0.6 is 0 Å². The van der Waals surface area contributed by atoms with Gasteiger partial charge in [0, 0.05) is 38.2 Å². The second-order valence-electron chi connectivity index (χ2n) is 4.97. The van der Waals surface area contributed by atoms with Crippen LogP contribution < -0.4 is 10.5 Å². The predicted octanol–water partition coefficient (Wildman–Crippen LogP) is 2.42. The third-order valence-corrected chi connectivity index (χ3v) is 3.86. The fourth-order valence-electron chi connectivity index (χ4n) is 2.78. The largest absolute Gasteiger partial charge is 0.496 e. The molecule has 0 aromatic heterocycles. The number of hydrogen-bond donors (Lipinski definition) is 1. The molecule has 2 rings (SSSR count). The van der Waals surface area contributed by atoms with Crippen LogP contribution in [0, 0.1) is 5.82 Å². The van der Waals surface area contributed by atoms with Crippen molar-refractivity contribution in [3.63, 3.8) is 0 Å². The lowest BCUT2D eigenvalue weighted by Gasteiger charge is -2.41. The quantitative estimate of drug-likeness (QED) is 0.901. The number of methoxy groups -OCH3 is 1. The zero-order chi connectivity index (χ0) is 14.6. The molecule has 4 nitrogen and oxygen atoms in total. The van der Waals surface area contributed by atoms with Gasteiger partial charge in [-0.1, -0.05) is 0 Å². The molecule has 0 radical (unpaired) electrons. The molecular weight excluding hydrogens is 261 g/mol. The minimum Gasteiger partial charge on any atom is -0.496 e. The van der Waals surface area contributed by atoms with E-state index in [2.05, 4.69) is 0 Å². The highest BCUT2D eigenvalue weighted by atomic mass is 19.1. The Balaban J connectivity index is 2.36. The maximum Gasteiger partial charge on any atom is 0.123 e. The summed E-state index contributed by atoms with van der Waals surface area (Å²) in [5.74, 6) is 0.263. The smallest absolute Gasteiger partial charge is 0.123 e. The van der Waals surface area contributed by atoms with Crippen molar-refractivity contribution in [2.45, 2.75) is 31.4 Å². The number of hydrogen-bond acceptors (Lipinski definition) is 4. The van der Waals surface area contributed by atoms with Crippen molar-refractivity contribution < 1.29 is 18.6 Å². The lowest BCUT2D eigenvalue weighted by atomic mass is 9.82. The molecule has 2 N–H and O–H groups in total. The Bertz CT molecular complexity index is 441. The van der Waals surface area contributed by atoms with Crippen LogP contribution in [0.3, 0.4) is 0 Å². The standard InChI is InChI=1S/C15H22FNO3/c1-3-20-15(6-8-19-9-7-15)14(17)12-10-11(16)4-5-13(12)18-2/h4-5,10,14H,3,6-9,17H2,1-2H3. The van der Waals surface area contributed by atoms with Crippen LogP contribution in [-0.4, -0.2) is 32.5 Å². The topological polar surface area (TPSA) is 53.7 Å². The third-order valence-electron chi connectivity index (χ3n) is 3.86. The zero-order valence-corrected chi connectivity index (χ0v) is 12.0. The van der Waals surface area contributed by atoms with Crippen LogP contribution in [0.15, 0.2) is 18.2 Å². The average molecular weight is 283 g/mol. The van der Waals surface area contributed by atoms with Gasteiger partial charge in [-0.2, -0.15) is 0 Å². The minimum absolute atomic E-state index is 0.324. The molecule has 1 heterocycles. The van der Waals surface area contributed by atoms with Crippen LogP contribution in [-0.2, 0) is 9.47 Å². The lowest BCUT2D eigenvalue weighted by Crippen LogP contribution is -2.48. The Hall–Kier alpha value is -1.17. The van der Waals surface area contributed by atoms with Gasteiger partial charge in [-0.3, -0.25) is 0 Å². The van der Waals surface area contributed by atoms with E-state index in [9.17, 15) is 4.39 Å². The third kappa shape index (κ3) is 2.95. The molecule has 1 aliphatic rings. The average Bonchev–Trinajstić information content (AvgIpc) is 2.47. The highest BCUT2D eigenvalue weighted by Crippen LogP contribution is 2.39. The molecule has 1 unspecified atom stereocenters. The summed E-state index contributed by atoms with van der Waals surface area (Å²) in [5, 5.41) is 0. The van der Waals surface area contributed by atoms with Gasteiger partial charge in [0.2, 0.25) is 0 Å². The van der Waals surface area contributed by atoms with E-state index in [4.69, 9.17) is 19.9 Å². The van der Waals surface area contributed by atoms with Crippen molar-refractivity contribution in [2.75, 3.05) is 26.9 Å². The Morgan fingerprint density at radius 3 is 2.70 bits per heavy atom. The molecule has 1 aromatic carbocycles. The maximum absolute atomic E-state index is 13.5. The Morgan fingerprint density at radius 1 is 1.40 bits per heavy atom. The van der Waals surface area contributed by atoms with Gasteiger partial charge in [-0.15, -0.1) is 0 Å². The van der Waals surface area contributed by atoms with Crippen LogP contribution in [0.25, 0.3) is 0 Å². The summed E-state index contributed by atoms with van der Waals surface area (Å²) < 4.78 is 30.2. The fraction of sp³-hybridized carbons (Fsp3) is 0.600. The molecule has 0 aliphatic carbocycles. The SMILES string of the molecule is CCOC1(C(N)c2cc(F)ccc2OC)CCOCC1. The Labute approximate surface area is 119 Å². The van der Waals surface area contributed by atoms with Crippen molar-refractivity contribution in [3.8, 4) is 5.75 Å². The fourth-order valence-corrected chi connectivity index (χ4v) is 2.78. The minimum atomic E-state index is -0.520. The molecule has 112 valence electrons. The van der Waals surface area contributed by atoms with E-state index in [1.165, 1.54) is 12.1 Å². The van der Waals surface area contributed by atoms with Crippen LogP contribution in [0.1, 0.15) is 31.4 Å². The number of rotatable bonds is 5. The summed E-state index contributed by atoms with van der Waals surface area (Å²) in [6.45, 7) is 3.70. The number of ether oxygens (including phenoxy) is 3. The van der Waals surface area contributed by atoms with E-state index in [-0.39, 0.29) is 5.82 Å². The molecule has 20 heavy (non-hydrogen) atoms. The molecule has 1 aromatic rings. The monoisotopic (exact) mass is 283 g/mol. The van der Waals surface area contributed by atoms with Gasteiger partial charge < -0.3 is 19.9 Å². The Kier molecular flexibility index (Phi) is 4.96. The van der Waals surface area contributed by atoms with E-state index in [1.54, 1.807) is 13.2 Å². The summed E-state index contributed by atoms with van der Waals surface area (Å²) in [6.07, 6.45) is 1.39. The number of benzene rings is 1. The first-order valence-electron chi connectivity index (χ1n) is 6.93. The van der Waals surface area contributed by atoms with Crippen molar-refractivity contribution in [1.82, 2.24) is 0 Å². The van der Waals surface area contributed by atoms with E-state index in [0.717, 1.165) is 0 Å². The first-order chi connectivity index (χ1) is 9.63. The van der Waals surface area contributed by atoms with E-state index >= 15 is 0 Å². The van der Waals surface area contributed by atoms with Gasteiger partial charge in [-0.25, -0.2) is 4.39 Å². The van der Waals surface area contributed by atoms with Gasteiger partial charge >= 0.3 is 0 Å². The molecule has 1 aliphatic heterocycles. The van der Waals surface area contributed by atoms with Crippen molar-refractivity contribution in [3.05, 3.63) is 29.6 Å². The van der Waals surface area contributed by atoms with Crippen molar-refractivity contribution in [2.24, 2.45) is 5.73 Å². The summed E-state index contributed by atoms with van der Waals surface area (Å²) in [7, 11) is 1.56. The molecule has 0 bridgehead atoms. The predicted molar refractivity (Wildman–Crippen MR) is 74.3 cm³/mol. The lowest BCUT2D eigenvalue weighted by molar-refractivity contribution is -0.122. The normalized spacial score (nSPS) is 19.6. The second-order valence-corrected chi connectivity index (χ2v) is 4.97. The van der Waals surface area contributed by atoms with Gasteiger partial charge in [0.15, 0.2) is 0 Å². The summed E-state index contributed by atoms with van der Waals surface area (Å²) in [4.78, 5) is 0. The van der Waals surface area contributed by atoms with Gasteiger partial charge in [0.25, 0.3) is 0 Å². The summed E-state index contributed by atoms with van der Waals surface area (Å²) >= 11 is 0. The molecule has 0 saturated carbocycles. The number of halogens is 1. The summed E-state index contributed by atoms with van der Waals surface area (Å²) in [6, 6.07) is 3.95. The summed E-state index contributed by atoms with van der Waals surface area (Å²) in [5.41, 5.74) is 6.53. The van der Waals surface area contributed by atoms with Gasteiger partial charge in [0.05, 0.1) is 18.8 Å². The van der Waals surface area contributed by atoms with Crippen molar-refractivity contribution >= 4 is 0 Å². The molecule has 1 saturated heterocycles.